The lowest BCUT2D eigenvalue weighted by atomic mass is 9.99. The molecule has 2 aliphatic heterocycles. The first-order valence-electron chi connectivity index (χ1n) is 9.19. The van der Waals surface area contributed by atoms with Gasteiger partial charge in [0, 0.05) is 19.1 Å². The molecule has 0 aliphatic carbocycles. The monoisotopic (exact) mass is 331 g/mol. The Bertz CT molecular complexity index is 244. The highest BCUT2D eigenvalue weighted by Crippen LogP contribution is 2.16. The fourth-order valence-electron chi connectivity index (χ4n) is 2.16. The average Bonchev–Trinajstić information content (AvgIpc) is 2.60. The molecule has 0 amide bonds. The van der Waals surface area contributed by atoms with Crippen molar-refractivity contribution in [3.05, 3.63) is 11.6 Å². The van der Waals surface area contributed by atoms with Crippen molar-refractivity contribution >= 4 is 0 Å². The number of nitrogens with zero attached hydrogens (tertiary/aromatic N) is 1. The number of rotatable bonds is 2. The van der Waals surface area contributed by atoms with E-state index in [0.717, 1.165) is 45.9 Å². The van der Waals surface area contributed by atoms with Crippen molar-refractivity contribution < 1.29 is 9.47 Å². The van der Waals surface area contributed by atoms with Gasteiger partial charge in [0.05, 0.1) is 26.4 Å². The van der Waals surface area contributed by atoms with Crippen molar-refractivity contribution in [2.24, 2.45) is 5.92 Å². The molecule has 0 atom stereocenters. The first-order chi connectivity index (χ1) is 10.6. The first kappa shape index (κ1) is 27.5. The summed E-state index contributed by atoms with van der Waals surface area (Å²) in [4.78, 5) is 2.43. The Labute approximate surface area is 147 Å². The maximum absolute atomic E-state index is 5.21. The molecule has 3 heteroatoms. The van der Waals surface area contributed by atoms with E-state index in [1.165, 1.54) is 0 Å². The zero-order valence-corrected chi connectivity index (χ0v) is 16.4. The summed E-state index contributed by atoms with van der Waals surface area (Å²) in [5.41, 5.74) is 1.56. The lowest BCUT2D eigenvalue weighted by Gasteiger charge is -2.29. The molecule has 0 spiro atoms. The second kappa shape index (κ2) is 19.7. The van der Waals surface area contributed by atoms with Crippen molar-refractivity contribution in [3.63, 3.8) is 0 Å². The van der Waals surface area contributed by atoms with Crippen LogP contribution in [-0.2, 0) is 9.47 Å². The van der Waals surface area contributed by atoms with Crippen LogP contribution < -0.4 is 0 Å². The summed E-state index contributed by atoms with van der Waals surface area (Å²) in [5.74, 6) is 0.717. The van der Waals surface area contributed by atoms with Crippen molar-refractivity contribution in [2.45, 2.75) is 75.3 Å². The maximum atomic E-state index is 5.21. The molecule has 0 bridgehead atoms. The van der Waals surface area contributed by atoms with Crippen LogP contribution in [0.3, 0.4) is 0 Å². The fraction of sp³-hybridized carbons (Fsp3) is 0.900. The third kappa shape index (κ3) is 14.9. The van der Waals surface area contributed by atoms with Crippen LogP contribution >= 0.6 is 0 Å². The van der Waals surface area contributed by atoms with Gasteiger partial charge in [0.1, 0.15) is 0 Å². The quantitative estimate of drug-likeness (QED) is 0.632. The van der Waals surface area contributed by atoms with Gasteiger partial charge < -0.3 is 9.47 Å². The van der Waals surface area contributed by atoms with Crippen LogP contribution in [0.4, 0.5) is 0 Å². The van der Waals surface area contributed by atoms with Crippen LogP contribution in [0.5, 0.6) is 0 Å². The summed E-state index contributed by atoms with van der Waals surface area (Å²) >= 11 is 0. The van der Waals surface area contributed by atoms with Crippen LogP contribution in [0.1, 0.15) is 69.2 Å². The molecule has 2 aliphatic rings. The fourth-order valence-corrected chi connectivity index (χ4v) is 2.16. The first-order valence-corrected chi connectivity index (χ1v) is 9.19. The molecule has 0 aromatic heterocycles. The molecule has 0 N–H and O–H groups in total. The van der Waals surface area contributed by atoms with Crippen LogP contribution in [-0.4, -0.2) is 50.5 Å². The number of morpholine rings is 1. The number of ether oxygens (including phenoxy) is 2. The van der Waals surface area contributed by atoms with Gasteiger partial charge in [-0.3, -0.25) is 4.90 Å². The normalized spacial score (nSPS) is 17.4. The second-order valence-electron chi connectivity index (χ2n) is 5.50. The molecule has 0 aromatic carbocycles. The van der Waals surface area contributed by atoms with E-state index in [0.29, 0.717) is 12.0 Å². The smallest absolute Gasteiger partial charge is 0.0650 e. The largest absolute Gasteiger partial charge is 0.379 e. The van der Waals surface area contributed by atoms with Gasteiger partial charge in [0.2, 0.25) is 0 Å². The van der Waals surface area contributed by atoms with E-state index in [9.17, 15) is 0 Å². The summed E-state index contributed by atoms with van der Waals surface area (Å²) in [6, 6.07) is 0.689. The van der Waals surface area contributed by atoms with Crippen LogP contribution in [0, 0.1) is 5.92 Å². The summed E-state index contributed by atoms with van der Waals surface area (Å²) in [5, 5.41) is 0. The highest BCUT2D eigenvalue weighted by Gasteiger charge is 2.12. The Morgan fingerprint density at radius 1 is 0.870 bits per heavy atom. The van der Waals surface area contributed by atoms with E-state index in [1.807, 2.05) is 27.7 Å². The predicted octanol–water partition coefficient (Wildman–Crippen LogP) is 5.40. The molecule has 0 aromatic rings. The molecule has 0 saturated carbocycles. The van der Waals surface area contributed by atoms with Crippen molar-refractivity contribution in [1.82, 2.24) is 4.90 Å². The minimum Gasteiger partial charge on any atom is -0.379 e. The van der Waals surface area contributed by atoms with Crippen molar-refractivity contribution in [2.75, 3.05) is 39.5 Å². The van der Waals surface area contributed by atoms with E-state index in [-0.39, 0.29) is 7.43 Å². The average molecular weight is 332 g/mol. The van der Waals surface area contributed by atoms with Gasteiger partial charge in [-0.2, -0.15) is 0 Å². The molecule has 2 rings (SSSR count). The van der Waals surface area contributed by atoms with Crippen LogP contribution in [0.15, 0.2) is 11.6 Å². The lowest BCUT2D eigenvalue weighted by Crippen LogP contribution is -2.40. The van der Waals surface area contributed by atoms with Crippen molar-refractivity contribution in [3.8, 4) is 0 Å². The van der Waals surface area contributed by atoms with Crippen LogP contribution in [0.2, 0.25) is 0 Å². The summed E-state index contributed by atoms with van der Waals surface area (Å²) in [6.07, 6.45) is 3.34. The van der Waals surface area contributed by atoms with Gasteiger partial charge in [-0.25, -0.2) is 0 Å². The highest BCUT2D eigenvalue weighted by molar-refractivity contribution is 5.06. The molecule has 142 valence electrons. The van der Waals surface area contributed by atoms with E-state index < -0.39 is 0 Å². The zero-order chi connectivity index (χ0) is 17.4. The summed E-state index contributed by atoms with van der Waals surface area (Å²) in [7, 11) is 0. The Balaban J connectivity index is -0.000000276. The van der Waals surface area contributed by atoms with Gasteiger partial charge >= 0.3 is 0 Å². The topological polar surface area (TPSA) is 21.7 Å². The Hall–Kier alpha value is -0.380. The summed E-state index contributed by atoms with van der Waals surface area (Å²) in [6.45, 7) is 22.7. The number of hydrogen-bond acceptors (Lipinski definition) is 3. The standard InChI is InChI=1S/C8H14O.C7H15NO.2C2H6.CH4/c2*1-7(2)8-3-5-9-6-4-8;2*1-2;/h3,7H,4-6H2,1-2H3;7H,3-6H2,1-2H3;2*1-2H3;1H4. The Kier molecular flexibility index (Phi) is 23.5. The molecule has 0 unspecified atom stereocenters. The van der Waals surface area contributed by atoms with E-state index in [2.05, 4.69) is 38.7 Å². The summed E-state index contributed by atoms with van der Waals surface area (Å²) < 4.78 is 10.4. The molecule has 23 heavy (non-hydrogen) atoms. The molecule has 1 saturated heterocycles. The maximum Gasteiger partial charge on any atom is 0.0650 e. The number of hydrogen-bond donors (Lipinski definition) is 0. The van der Waals surface area contributed by atoms with Crippen molar-refractivity contribution in [1.29, 1.82) is 0 Å². The highest BCUT2D eigenvalue weighted by atomic mass is 16.5. The third-order valence-corrected chi connectivity index (χ3v) is 3.52. The SMILES string of the molecule is C.CC.CC.CC(C)C1=CCOCC1.CC(C)N1CCOCC1. The third-order valence-electron chi connectivity index (χ3n) is 3.52. The lowest BCUT2D eigenvalue weighted by molar-refractivity contribution is 0.0238. The molecule has 3 nitrogen and oxygen atoms in total. The molecule has 0 radical (unpaired) electrons. The van der Waals surface area contributed by atoms with E-state index >= 15 is 0 Å². The molecular weight excluding hydrogens is 286 g/mol. The molecular formula is C20H45NO2. The van der Waals surface area contributed by atoms with E-state index in [1.54, 1.807) is 5.57 Å². The Morgan fingerprint density at radius 2 is 1.39 bits per heavy atom. The molecule has 1 fully saturated rings. The van der Waals surface area contributed by atoms with Gasteiger partial charge in [-0.1, -0.05) is 60.6 Å². The van der Waals surface area contributed by atoms with Gasteiger partial charge in [0.25, 0.3) is 0 Å². The van der Waals surface area contributed by atoms with Gasteiger partial charge in [0.15, 0.2) is 0 Å². The Morgan fingerprint density at radius 3 is 1.65 bits per heavy atom. The van der Waals surface area contributed by atoms with Crippen LogP contribution in [0.25, 0.3) is 0 Å². The van der Waals surface area contributed by atoms with Gasteiger partial charge in [-0.15, -0.1) is 0 Å². The second-order valence-corrected chi connectivity index (χ2v) is 5.50. The van der Waals surface area contributed by atoms with E-state index in [4.69, 9.17) is 9.47 Å². The minimum atomic E-state index is 0. The van der Waals surface area contributed by atoms with Gasteiger partial charge in [-0.05, 0) is 26.2 Å². The zero-order valence-electron chi connectivity index (χ0n) is 16.4. The predicted molar refractivity (Wildman–Crippen MR) is 105 cm³/mol. The molecule has 2 heterocycles. The minimum absolute atomic E-state index is 0.